The Hall–Kier alpha value is -2.35. The molecule has 0 bridgehead atoms. The summed E-state index contributed by atoms with van der Waals surface area (Å²) in [4.78, 5) is 16.6. The summed E-state index contributed by atoms with van der Waals surface area (Å²) in [7, 11) is 0. The van der Waals surface area contributed by atoms with Crippen LogP contribution >= 0.6 is 0 Å². The highest BCUT2D eigenvalue weighted by Gasteiger charge is 2.22. The third kappa shape index (κ3) is 5.32. The topological polar surface area (TPSA) is 71.2 Å². The molecule has 0 aromatic carbocycles. The van der Waals surface area contributed by atoms with Crippen LogP contribution in [0.25, 0.3) is 0 Å². The number of amides is 2. The smallest absolute Gasteiger partial charge is 0.317 e. The van der Waals surface area contributed by atoms with E-state index >= 15 is 0 Å². The Morgan fingerprint density at radius 1 is 1.11 bits per heavy atom. The van der Waals surface area contributed by atoms with Gasteiger partial charge in [0.1, 0.15) is 0 Å². The number of carbonyl (C=O) groups excluding carboxylic acids is 1. The second-order valence-corrected chi connectivity index (χ2v) is 8.24. The molecule has 0 atom stereocenters. The van der Waals surface area contributed by atoms with Crippen molar-refractivity contribution in [3.05, 3.63) is 35.9 Å². The number of aryl methyl sites for hydroxylation is 1. The van der Waals surface area contributed by atoms with Gasteiger partial charge in [-0.05, 0) is 33.3 Å². The van der Waals surface area contributed by atoms with Crippen molar-refractivity contribution in [1.82, 2.24) is 34.7 Å². The van der Waals surface area contributed by atoms with Crippen LogP contribution in [0.4, 0.5) is 4.79 Å². The molecule has 1 aliphatic rings. The minimum absolute atomic E-state index is 0.00387. The molecule has 0 aliphatic carbocycles. The lowest BCUT2D eigenvalue weighted by Crippen LogP contribution is -2.51. The number of nitrogens with zero attached hydrogens (tertiary/aromatic N) is 6. The standard InChI is InChI=1S/C19H31N7O/c1-16-11-21-25(13-16)6-5-20-18(27)24-9-7-23(8-10-24)14-17-12-22-26(15-17)19(2,3)4/h11-13,15H,5-10,14H2,1-4H3,(H,20,27). The van der Waals surface area contributed by atoms with Crippen LogP contribution in [-0.4, -0.2) is 68.1 Å². The lowest BCUT2D eigenvalue weighted by Gasteiger charge is -2.34. The zero-order valence-electron chi connectivity index (χ0n) is 16.9. The summed E-state index contributed by atoms with van der Waals surface area (Å²) < 4.78 is 3.86. The zero-order chi connectivity index (χ0) is 19.4. The maximum absolute atomic E-state index is 12.3. The first-order valence-corrected chi connectivity index (χ1v) is 9.59. The SMILES string of the molecule is Cc1cnn(CCNC(=O)N2CCN(Cc3cnn(C(C)(C)C)c3)CC2)c1. The van der Waals surface area contributed by atoms with Gasteiger partial charge in [0.05, 0.1) is 24.5 Å². The average molecular weight is 374 g/mol. The molecular formula is C19H31N7O. The minimum Gasteiger partial charge on any atom is -0.336 e. The Bertz CT molecular complexity index is 750. The lowest BCUT2D eigenvalue weighted by atomic mass is 10.1. The van der Waals surface area contributed by atoms with E-state index in [0.717, 1.165) is 38.3 Å². The molecule has 0 saturated carbocycles. The molecule has 8 heteroatoms. The van der Waals surface area contributed by atoms with Crippen molar-refractivity contribution in [2.45, 2.75) is 46.3 Å². The lowest BCUT2D eigenvalue weighted by molar-refractivity contribution is 0.135. The first kappa shape index (κ1) is 19.4. The van der Waals surface area contributed by atoms with E-state index in [4.69, 9.17) is 0 Å². The molecule has 0 radical (unpaired) electrons. The van der Waals surface area contributed by atoms with Gasteiger partial charge < -0.3 is 10.2 Å². The molecule has 2 aromatic rings. The van der Waals surface area contributed by atoms with Crippen LogP contribution in [0.1, 0.15) is 31.9 Å². The summed E-state index contributed by atoms with van der Waals surface area (Å²) in [6, 6.07) is 0.0130. The number of piperazine rings is 1. The highest BCUT2D eigenvalue weighted by atomic mass is 16.2. The Labute approximate surface area is 161 Å². The van der Waals surface area contributed by atoms with Gasteiger partial charge in [0.25, 0.3) is 0 Å². The Morgan fingerprint density at radius 3 is 2.44 bits per heavy atom. The molecule has 1 fully saturated rings. The molecule has 1 saturated heterocycles. The van der Waals surface area contributed by atoms with Gasteiger partial charge in [-0.3, -0.25) is 14.3 Å². The molecule has 2 aromatic heterocycles. The average Bonchev–Trinajstić information content (AvgIpc) is 3.24. The molecule has 3 heterocycles. The Morgan fingerprint density at radius 2 is 1.85 bits per heavy atom. The summed E-state index contributed by atoms with van der Waals surface area (Å²) >= 11 is 0. The third-order valence-electron chi connectivity index (χ3n) is 4.77. The van der Waals surface area contributed by atoms with Gasteiger partial charge >= 0.3 is 6.03 Å². The van der Waals surface area contributed by atoms with Crippen LogP contribution in [0.2, 0.25) is 0 Å². The predicted octanol–water partition coefficient (Wildman–Crippen LogP) is 1.67. The van der Waals surface area contributed by atoms with Gasteiger partial charge in [-0.15, -0.1) is 0 Å². The predicted molar refractivity (Wildman–Crippen MR) is 104 cm³/mol. The quantitative estimate of drug-likeness (QED) is 0.865. The van der Waals surface area contributed by atoms with E-state index in [1.807, 2.05) is 39.8 Å². The fourth-order valence-corrected chi connectivity index (χ4v) is 3.15. The van der Waals surface area contributed by atoms with E-state index < -0.39 is 0 Å². The molecule has 1 aliphatic heterocycles. The fourth-order valence-electron chi connectivity index (χ4n) is 3.15. The van der Waals surface area contributed by atoms with Crippen molar-refractivity contribution in [2.24, 2.45) is 0 Å². The number of hydrogen-bond acceptors (Lipinski definition) is 4. The van der Waals surface area contributed by atoms with Crippen molar-refractivity contribution < 1.29 is 4.79 Å². The van der Waals surface area contributed by atoms with E-state index in [1.165, 1.54) is 5.56 Å². The monoisotopic (exact) mass is 373 g/mol. The molecule has 3 rings (SSSR count). The van der Waals surface area contributed by atoms with Crippen molar-refractivity contribution in [3.63, 3.8) is 0 Å². The fraction of sp³-hybridized carbons (Fsp3) is 0.632. The molecule has 2 amide bonds. The number of carbonyl (C=O) groups is 1. The van der Waals surface area contributed by atoms with Crippen molar-refractivity contribution in [3.8, 4) is 0 Å². The van der Waals surface area contributed by atoms with Gasteiger partial charge in [0, 0.05) is 57.2 Å². The maximum Gasteiger partial charge on any atom is 0.317 e. The summed E-state index contributed by atoms with van der Waals surface area (Å²) in [5, 5.41) is 11.7. The van der Waals surface area contributed by atoms with Crippen LogP contribution in [0.3, 0.4) is 0 Å². The van der Waals surface area contributed by atoms with E-state index in [1.54, 1.807) is 0 Å². The summed E-state index contributed by atoms with van der Waals surface area (Å²) in [6.07, 6.45) is 7.87. The van der Waals surface area contributed by atoms with Gasteiger partial charge in [-0.2, -0.15) is 10.2 Å². The molecular weight excluding hydrogens is 342 g/mol. The molecule has 1 N–H and O–H groups in total. The molecule has 8 nitrogen and oxygen atoms in total. The molecule has 0 unspecified atom stereocenters. The first-order chi connectivity index (χ1) is 12.8. The van der Waals surface area contributed by atoms with Gasteiger partial charge in [0.2, 0.25) is 0 Å². The van der Waals surface area contributed by atoms with E-state index in [9.17, 15) is 4.79 Å². The van der Waals surface area contributed by atoms with E-state index in [2.05, 4.69) is 47.4 Å². The molecule has 148 valence electrons. The number of rotatable bonds is 5. The van der Waals surface area contributed by atoms with Gasteiger partial charge in [-0.25, -0.2) is 4.79 Å². The second-order valence-electron chi connectivity index (χ2n) is 8.24. The maximum atomic E-state index is 12.3. The van der Waals surface area contributed by atoms with Crippen LogP contribution in [0, 0.1) is 6.92 Å². The van der Waals surface area contributed by atoms with Crippen LogP contribution < -0.4 is 5.32 Å². The number of hydrogen-bond donors (Lipinski definition) is 1. The Kier molecular flexibility index (Phi) is 5.84. The van der Waals surface area contributed by atoms with Gasteiger partial charge in [-0.1, -0.05) is 0 Å². The van der Waals surface area contributed by atoms with E-state index in [-0.39, 0.29) is 11.6 Å². The minimum atomic E-state index is 0.00387. The first-order valence-electron chi connectivity index (χ1n) is 9.59. The van der Waals surface area contributed by atoms with Crippen molar-refractivity contribution >= 4 is 6.03 Å². The van der Waals surface area contributed by atoms with Crippen LogP contribution in [0.5, 0.6) is 0 Å². The Balaban J connectivity index is 1.39. The highest BCUT2D eigenvalue weighted by Crippen LogP contribution is 2.15. The molecule has 27 heavy (non-hydrogen) atoms. The summed E-state index contributed by atoms with van der Waals surface area (Å²) in [6.45, 7) is 13.9. The summed E-state index contributed by atoms with van der Waals surface area (Å²) in [5.74, 6) is 0. The largest absolute Gasteiger partial charge is 0.336 e. The summed E-state index contributed by atoms with van der Waals surface area (Å²) in [5.41, 5.74) is 2.35. The van der Waals surface area contributed by atoms with Crippen LogP contribution in [-0.2, 0) is 18.6 Å². The molecule has 0 spiro atoms. The third-order valence-corrected chi connectivity index (χ3v) is 4.77. The number of nitrogens with one attached hydrogen (secondary N) is 1. The number of urea groups is 1. The van der Waals surface area contributed by atoms with Crippen molar-refractivity contribution in [2.75, 3.05) is 32.7 Å². The van der Waals surface area contributed by atoms with Crippen LogP contribution in [0.15, 0.2) is 24.8 Å². The zero-order valence-corrected chi connectivity index (χ0v) is 16.9. The number of aromatic nitrogens is 4. The van der Waals surface area contributed by atoms with E-state index in [0.29, 0.717) is 13.1 Å². The normalized spacial score (nSPS) is 15.9. The van der Waals surface area contributed by atoms with Gasteiger partial charge in [0.15, 0.2) is 0 Å². The van der Waals surface area contributed by atoms with Crippen molar-refractivity contribution in [1.29, 1.82) is 0 Å². The second kappa shape index (κ2) is 8.12. The highest BCUT2D eigenvalue weighted by molar-refractivity contribution is 5.74.